The third-order valence-electron chi connectivity index (χ3n) is 3.12. The van der Waals surface area contributed by atoms with E-state index in [-0.39, 0.29) is 5.91 Å². The van der Waals surface area contributed by atoms with E-state index in [1.54, 1.807) is 0 Å². The number of aromatic nitrogens is 2. The highest BCUT2D eigenvalue weighted by molar-refractivity contribution is 7.14. The summed E-state index contributed by atoms with van der Waals surface area (Å²) in [5.41, 5.74) is 1.03. The van der Waals surface area contributed by atoms with Gasteiger partial charge in [-0.1, -0.05) is 41.7 Å². The van der Waals surface area contributed by atoms with Crippen LogP contribution >= 0.6 is 11.3 Å². The van der Waals surface area contributed by atoms with Gasteiger partial charge in [-0.15, -0.1) is 10.2 Å². The molecule has 0 aliphatic carbocycles. The number of amides is 1. The molecule has 1 aromatic heterocycles. The van der Waals surface area contributed by atoms with Gasteiger partial charge >= 0.3 is 0 Å². The highest BCUT2D eigenvalue weighted by Crippen LogP contribution is 2.22. The number of morpholine rings is 1. The van der Waals surface area contributed by atoms with Crippen LogP contribution in [0.5, 0.6) is 0 Å². The standard InChI is InChI=1S/C14H16N4O2S/c19-13(11-8-15-6-7-20-11)16-9-12-17-18-14(21-12)10-4-2-1-3-5-10/h1-5,11,15H,6-9H2,(H,16,19). The quantitative estimate of drug-likeness (QED) is 0.874. The summed E-state index contributed by atoms with van der Waals surface area (Å²) in [4.78, 5) is 11.9. The third kappa shape index (κ3) is 3.63. The minimum atomic E-state index is -0.416. The second-order valence-corrected chi connectivity index (χ2v) is 5.71. The molecular weight excluding hydrogens is 288 g/mol. The molecule has 110 valence electrons. The van der Waals surface area contributed by atoms with Crippen LogP contribution in [0.1, 0.15) is 5.01 Å². The first-order chi connectivity index (χ1) is 10.3. The molecular formula is C14H16N4O2S. The van der Waals surface area contributed by atoms with E-state index in [1.165, 1.54) is 11.3 Å². The van der Waals surface area contributed by atoms with Gasteiger partial charge < -0.3 is 15.4 Å². The molecule has 1 unspecified atom stereocenters. The van der Waals surface area contributed by atoms with Crippen LogP contribution in [0.3, 0.4) is 0 Å². The molecule has 2 N–H and O–H groups in total. The summed E-state index contributed by atoms with van der Waals surface area (Å²) < 4.78 is 5.40. The number of nitrogens with one attached hydrogen (secondary N) is 2. The van der Waals surface area contributed by atoms with Gasteiger partial charge in [-0.2, -0.15) is 0 Å². The Morgan fingerprint density at radius 1 is 1.38 bits per heavy atom. The molecule has 0 radical (unpaired) electrons. The van der Waals surface area contributed by atoms with Gasteiger partial charge in [0.1, 0.15) is 16.1 Å². The minimum Gasteiger partial charge on any atom is -0.366 e. The van der Waals surface area contributed by atoms with E-state index >= 15 is 0 Å². The molecule has 1 saturated heterocycles. The molecule has 3 rings (SSSR count). The van der Waals surface area contributed by atoms with E-state index in [2.05, 4.69) is 20.8 Å². The van der Waals surface area contributed by atoms with Gasteiger partial charge in [0, 0.05) is 18.7 Å². The number of benzene rings is 1. The van der Waals surface area contributed by atoms with Gasteiger partial charge in [0.25, 0.3) is 5.91 Å². The van der Waals surface area contributed by atoms with Crippen LogP contribution in [0.25, 0.3) is 10.6 Å². The highest BCUT2D eigenvalue weighted by Gasteiger charge is 2.21. The number of hydrogen-bond acceptors (Lipinski definition) is 6. The Balaban J connectivity index is 1.56. The Hall–Kier alpha value is -1.83. The van der Waals surface area contributed by atoms with Crippen LogP contribution in [-0.2, 0) is 16.1 Å². The van der Waals surface area contributed by atoms with Crippen LogP contribution in [0.15, 0.2) is 30.3 Å². The van der Waals surface area contributed by atoms with Crippen LogP contribution < -0.4 is 10.6 Å². The Kier molecular flexibility index (Phi) is 4.54. The Morgan fingerprint density at radius 2 is 2.24 bits per heavy atom. The average molecular weight is 304 g/mol. The largest absolute Gasteiger partial charge is 0.366 e. The Morgan fingerprint density at radius 3 is 3.00 bits per heavy atom. The van der Waals surface area contributed by atoms with Crippen molar-refractivity contribution in [3.63, 3.8) is 0 Å². The number of hydrogen-bond donors (Lipinski definition) is 2. The van der Waals surface area contributed by atoms with Crippen molar-refractivity contribution in [3.8, 4) is 10.6 Å². The minimum absolute atomic E-state index is 0.112. The lowest BCUT2D eigenvalue weighted by Crippen LogP contribution is -2.47. The smallest absolute Gasteiger partial charge is 0.250 e. The molecule has 1 fully saturated rings. The number of rotatable bonds is 4. The molecule has 1 aliphatic heterocycles. The van der Waals surface area contributed by atoms with Crippen molar-refractivity contribution < 1.29 is 9.53 Å². The lowest BCUT2D eigenvalue weighted by atomic mass is 10.2. The van der Waals surface area contributed by atoms with Crippen molar-refractivity contribution in [2.24, 2.45) is 0 Å². The second kappa shape index (κ2) is 6.75. The summed E-state index contributed by atoms with van der Waals surface area (Å²) in [6.45, 7) is 2.29. The first-order valence-corrected chi connectivity index (χ1v) is 7.62. The van der Waals surface area contributed by atoms with E-state index in [9.17, 15) is 4.79 Å². The van der Waals surface area contributed by atoms with Gasteiger partial charge in [0.05, 0.1) is 13.2 Å². The maximum absolute atomic E-state index is 11.9. The topological polar surface area (TPSA) is 76.1 Å². The van der Waals surface area contributed by atoms with Gasteiger partial charge in [-0.3, -0.25) is 4.79 Å². The SMILES string of the molecule is O=C(NCc1nnc(-c2ccccc2)s1)C1CNCCO1. The van der Waals surface area contributed by atoms with E-state index in [4.69, 9.17) is 4.74 Å². The normalized spacial score (nSPS) is 18.4. The lowest BCUT2D eigenvalue weighted by molar-refractivity contribution is -0.134. The molecule has 0 spiro atoms. The summed E-state index contributed by atoms with van der Waals surface area (Å²) in [5, 5.41) is 15.9. The molecule has 2 aromatic rings. The molecule has 1 atom stereocenters. The average Bonchev–Trinajstić information content (AvgIpc) is 3.03. The molecule has 6 nitrogen and oxygen atoms in total. The molecule has 0 saturated carbocycles. The van der Waals surface area contributed by atoms with Crippen molar-refractivity contribution in [2.45, 2.75) is 12.6 Å². The molecule has 2 heterocycles. The molecule has 21 heavy (non-hydrogen) atoms. The van der Waals surface area contributed by atoms with E-state index in [0.29, 0.717) is 19.7 Å². The van der Waals surface area contributed by atoms with Gasteiger partial charge in [-0.25, -0.2) is 0 Å². The van der Waals surface area contributed by atoms with Gasteiger partial charge in [0.2, 0.25) is 0 Å². The van der Waals surface area contributed by atoms with E-state index < -0.39 is 6.10 Å². The fourth-order valence-electron chi connectivity index (χ4n) is 2.03. The van der Waals surface area contributed by atoms with Crippen LogP contribution in [0, 0.1) is 0 Å². The summed E-state index contributed by atoms with van der Waals surface area (Å²) >= 11 is 1.48. The van der Waals surface area contributed by atoms with Crippen LogP contribution in [0.4, 0.5) is 0 Å². The molecule has 1 aromatic carbocycles. The van der Waals surface area contributed by atoms with Gasteiger partial charge in [0.15, 0.2) is 0 Å². The molecule has 0 bridgehead atoms. The fraction of sp³-hybridized carbons (Fsp3) is 0.357. The van der Waals surface area contributed by atoms with Crippen molar-refractivity contribution in [2.75, 3.05) is 19.7 Å². The van der Waals surface area contributed by atoms with Crippen LogP contribution in [0.2, 0.25) is 0 Å². The third-order valence-corrected chi connectivity index (χ3v) is 4.09. The zero-order chi connectivity index (χ0) is 14.5. The second-order valence-electron chi connectivity index (χ2n) is 4.65. The van der Waals surface area contributed by atoms with Crippen molar-refractivity contribution in [1.29, 1.82) is 0 Å². The number of ether oxygens (including phenoxy) is 1. The maximum Gasteiger partial charge on any atom is 0.250 e. The van der Waals surface area contributed by atoms with Crippen molar-refractivity contribution in [1.82, 2.24) is 20.8 Å². The summed E-state index contributed by atoms with van der Waals surface area (Å²) in [5.74, 6) is -0.112. The highest BCUT2D eigenvalue weighted by atomic mass is 32.1. The Labute approximate surface area is 126 Å². The Bertz CT molecular complexity index is 596. The van der Waals surface area contributed by atoms with Crippen molar-refractivity contribution >= 4 is 17.2 Å². The summed E-state index contributed by atoms with van der Waals surface area (Å²) in [6, 6.07) is 9.87. The first kappa shape index (κ1) is 14.1. The summed E-state index contributed by atoms with van der Waals surface area (Å²) in [7, 11) is 0. The fourth-order valence-corrected chi connectivity index (χ4v) is 2.82. The van der Waals surface area contributed by atoms with E-state index in [0.717, 1.165) is 22.1 Å². The van der Waals surface area contributed by atoms with Gasteiger partial charge in [-0.05, 0) is 0 Å². The predicted molar refractivity (Wildman–Crippen MR) is 79.8 cm³/mol. The monoisotopic (exact) mass is 304 g/mol. The zero-order valence-corrected chi connectivity index (χ0v) is 12.2. The van der Waals surface area contributed by atoms with Crippen LogP contribution in [-0.4, -0.2) is 41.9 Å². The maximum atomic E-state index is 11.9. The zero-order valence-electron chi connectivity index (χ0n) is 11.4. The predicted octanol–water partition coefficient (Wildman–Crippen LogP) is 0.810. The first-order valence-electron chi connectivity index (χ1n) is 6.81. The molecule has 1 aliphatic rings. The lowest BCUT2D eigenvalue weighted by Gasteiger charge is -2.22. The number of carbonyl (C=O) groups is 1. The molecule has 7 heteroatoms. The number of nitrogens with zero attached hydrogens (tertiary/aromatic N) is 2. The summed E-state index contributed by atoms with van der Waals surface area (Å²) in [6.07, 6.45) is -0.416. The molecule has 1 amide bonds. The number of carbonyl (C=O) groups excluding carboxylic acids is 1. The van der Waals surface area contributed by atoms with Crippen molar-refractivity contribution in [3.05, 3.63) is 35.3 Å². The van der Waals surface area contributed by atoms with E-state index in [1.807, 2.05) is 30.3 Å².